The average molecular weight is 501 g/mol. The molecule has 1 aliphatic rings. The molecule has 0 saturated heterocycles. The predicted molar refractivity (Wildman–Crippen MR) is 132 cm³/mol. The molecule has 0 aliphatic carbocycles. The van der Waals surface area contributed by atoms with Gasteiger partial charge in [0.25, 0.3) is 0 Å². The first-order chi connectivity index (χ1) is 16.0. The highest BCUT2D eigenvalue weighted by atomic mass is 79.9. The van der Waals surface area contributed by atoms with Crippen molar-refractivity contribution in [2.75, 3.05) is 0 Å². The third-order valence-corrected chi connectivity index (χ3v) is 5.67. The molecule has 0 amide bonds. The topological polar surface area (TPSA) is 53.4 Å². The van der Waals surface area contributed by atoms with Gasteiger partial charge >= 0.3 is 0 Å². The van der Waals surface area contributed by atoms with Gasteiger partial charge in [-0.25, -0.2) is 4.68 Å². The molecule has 5 nitrogen and oxygen atoms in total. The zero-order valence-electron chi connectivity index (χ0n) is 18.2. The van der Waals surface area contributed by atoms with Gasteiger partial charge in [0.1, 0.15) is 17.2 Å². The number of ether oxygens (including phenoxy) is 2. The van der Waals surface area contributed by atoms with E-state index in [9.17, 15) is 4.79 Å². The lowest BCUT2D eigenvalue weighted by molar-refractivity contribution is 0.101. The number of fused-ring (bicyclic) bond motifs is 1. The van der Waals surface area contributed by atoms with Crippen molar-refractivity contribution in [2.24, 2.45) is 0 Å². The minimum absolute atomic E-state index is 0.0978. The van der Waals surface area contributed by atoms with Crippen LogP contribution in [-0.2, 0) is 0 Å². The molecule has 0 fully saturated rings. The first-order valence-corrected chi connectivity index (χ1v) is 11.4. The minimum atomic E-state index is -0.148. The molecule has 0 N–H and O–H groups in total. The van der Waals surface area contributed by atoms with E-state index in [2.05, 4.69) is 15.9 Å². The summed E-state index contributed by atoms with van der Waals surface area (Å²) in [6.07, 6.45) is 3.77. The Bertz CT molecular complexity index is 1360. The number of aromatic nitrogens is 2. The van der Waals surface area contributed by atoms with Crippen molar-refractivity contribution in [1.82, 2.24) is 9.78 Å². The molecule has 0 unspecified atom stereocenters. The highest BCUT2D eigenvalue weighted by Crippen LogP contribution is 2.35. The van der Waals surface area contributed by atoms with Gasteiger partial charge in [-0.2, -0.15) is 5.10 Å². The summed E-state index contributed by atoms with van der Waals surface area (Å²) in [4.78, 5) is 13.0. The number of hydrogen-bond acceptors (Lipinski definition) is 4. The lowest BCUT2D eigenvalue weighted by Crippen LogP contribution is -2.05. The number of nitrogens with zero attached hydrogens (tertiary/aromatic N) is 2. The molecule has 4 aromatic rings. The SMILES string of the molecule is CC(C)Oc1ccc(-c2nn(-c3ccccc3)cc2/C=C2\Oc3ccc(Br)cc3C2=O)cc1. The summed E-state index contributed by atoms with van der Waals surface area (Å²) < 4.78 is 14.3. The molecule has 6 heteroatoms. The Balaban J connectivity index is 1.57. The van der Waals surface area contributed by atoms with Gasteiger partial charge in [-0.3, -0.25) is 4.79 Å². The van der Waals surface area contributed by atoms with Crippen LogP contribution in [0, 0.1) is 0 Å². The van der Waals surface area contributed by atoms with Gasteiger partial charge in [-0.05, 0) is 74.5 Å². The number of benzene rings is 3. The second kappa shape index (κ2) is 8.71. The number of Topliss-reactive ketones (excluding diaryl/α,β-unsaturated/α-hetero) is 1. The van der Waals surface area contributed by atoms with E-state index in [1.165, 1.54) is 0 Å². The third kappa shape index (κ3) is 4.34. The van der Waals surface area contributed by atoms with Crippen LogP contribution in [0.3, 0.4) is 0 Å². The normalized spacial score (nSPS) is 13.9. The number of hydrogen-bond donors (Lipinski definition) is 0. The van der Waals surface area contributed by atoms with E-state index >= 15 is 0 Å². The van der Waals surface area contributed by atoms with E-state index in [0.717, 1.165) is 32.7 Å². The van der Waals surface area contributed by atoms with Gasteiger partial charge in [-0.15, -0.1) is 0 Å². The lowest BCUT2D eigenvalue weighted by Gasteiger charge is -2.09. The predicted octanol–water partition coefficient (Wildman–Crippen LogP) is 6.71. The van der Waals surface area contributed by atoms with Gasteiger partial charge in [0.2, 0.25) is 5.78 Å². The quantitative estimate of drug-likeness (QED) is 0.286. The van der Waals surface area contributed by atoms with Crippen LogP contribution >= 0.6 is 15.9 Å². The third-order valence-electron chi connectivity index (χ3n) is 5.18. The fourth-order valence-electron chi connectivity index (χ4n) is 3.70. The molecule has 2 heterocycles. The maximum absolute atomic E-state index is 13.0. The fourth-order valence-corrected chi connectivity index (χ4v) is 4.06. The molecule has 5 rings (SSSR count). The van der Waals surface area contributed by atoms with Crippen LogP contribution in [0.5, 0.6) is 11.5 Å². The van der Waals surface area contributed by atoms with Crippen molar-refractivity contribution < 1.29 is 14.3 Å². The second-order valence-corrected chi connectivity index (χ2v) is 8.90. The molecule has 3 aromatic carbocycles. The molecule has 0 spiro atoms. The number of rotatable bonds is 5. The van der Waals surface area contributed by atoms with Crippen molar-refractivity contribution in [2.45, 2.75) is 20.0 Å². The van der Waals surface area contributed by atoms with Crippen LogP contribution in [-0.4, -0.2) is 21.7 Å². The molecule has 1 aromatic heterocycles. The number of carbonyl (C=O) groups excluding carboxylic acids is 1. The number of ketones is 1. The Labute approximate surface area is 200 Å². The maximum atomic E-state index is 13.0. The Kier molecular flexibility index (Phi) is 5.60. The van der Waals surface area contributed by atoms with Crippen LogP contribution in [0.15, 0.2) is 89.2 Å². The molecule has 1 aliphatic heterocycles. The van der Waals surface area contributed by atoms with Crippen molar-refractivity contribution in [3.63, 3.8) is 0 Å². The van der Waals surface area contributed by atoms with Crippen LogP contribution < -0.4 is 9.47 Å². The molecule has 0 bridgehead atoms. The Morgan fingerprint density at radius 1 is 1.03 bits per heavy atom. The van der Waals surface area contributed by atoms with Crippen LogP contribution in [0.4, 0.5) is 0 Å². The van der Waals surface area contributed by atoms with Gasteiger partial charge in [0.05, 0.1) is 17.4 Å². The molecule has 0 saturated carbocycles. The number of allylic oxidation sites excluding steroid dienone is 1. The minimum Gasteiger partial charge on any atom is -0.491 e. The molecular formula is C27H21BrN2O3. The number of para-hydroxylation sites is 1. The van der Waals surface area contributed by atoms with E-state index in [4.69, 9.17) is 14.6 Å². The van der Waals surface area contributed by atoms with Crippen molar-refractivity contribution in [3.05, 3.63) is 100 Å². The summed E-state index contributed by atoms with van der Waals surface area (Å²) in [6, 6.07) is 23.1. The van der Waals surface area contributed by atoms with E-state index in [1.807, 2.05) is 85.4 Å². The Morgan fingerprint density at radius 2 is 1.79 bits per heavy atom. The summed E-state index contributed by atoms with van der Waals surface area (Å²) in [5, 5.41) is 4.83. The first-order valence-electron chi connectivity index (χ1n) is 10.6. The van der Waals surface area contributed by atoms with Crippen LogP contribution in [0.25, 0.3) is 23.0 Å². The van der Waals surface area contributed by atoms with Crippen molar-refractivity contribution in [3.8, 4) is 28.4 Å². The van der Waals surface area contributed by atoms with E-state index in [-0.39, 0.29) is 17.6 Å². The monoisotopic (exact) mass is 500 g/mol. The smallest absolute Gasteiger partial charge is 0.232 e. The highest BCUT2D eigenvalue weighted by molar-refractivity contribution is 9.10. The van der Waals surface area contributed by atoms with Gasteiger partial charge in [0, 0.05) is 21.8 Å². The second-order valence-electron chi connectivity index (χ2n) is 7.98. The summed E-state index contributed by atoms with van der Waals surface area (Å²) >= 11 is 3.42. The Morgan fingerprint density at radius 3 is 2.52 bits per heavy atom. The van der Waals surface area contributed by atoms with Crippen molar-refractivity contribution in [1.29, 1.82) is 0 Å². The summed E-state index contributed by atoms with van der Waals surface area (Å²) in [7, 11) is 0. The molecule has 0 atom stereocenters. The zero-order valence-corrected chi connectivity index (χ0v) is 19.7. The maximum Gasteiger partial charge on any atom is 0.232 e. The van der Waals surface area contributed by atoms with Gasteiger partial charge in [-0.1, -0.05) is 34.1 Å². The fraction of sp³-hybridized carbons (Fsp3) is 0.111. The van der Waals surface area contributed by atoms with E-state index < -0.39 is 0 Å². The lowest BCUT2D eigenvalue weighted by atomic mass is 10.1. The van der Waals surface area contributed by atoms with Crippen LogP contribution in [0.2, 0.25) is 0 Å². The Hall–Kier alpha value is -3.64. The number of carbonyl (C=O) groups is 1. The van der Waals surface area contributed by atoms with E-state index in [1.54, 1.807) is 18.2 Å². The number of halogens is 1. The molecular weight excluding hydrogens is 480 g/mol. The van der Waals surface area contributed by atoms with Gasteiger partial charge < -0.3 is 9.47 Å². The molecule has 0 radical (unpaired) electrons. The van der Waals surface area contributed by atoms with Crippen LogP contribution in [0.1, 0.15) is 29.8 Å². The highest BCUT2D eigenvalue weighted by Gasteiger charge is 2.28. The van der Waals surface area contributed by atoms with Gasteiger partial charge in [0.15, 0.2) is 5.76 Å². The molecule has 33 heavy (non-hydrogen) atoms. The first kappa shape index (κ1) is 21.2. The summed E-state index contributed by atoms with van der Waals surface area (Å²) in [5.41, 5.74) is 3.91. The summed E-state index contributed by atoms with van der Waals surface area (Å²) in [5.74, 6) is 1.48. The molecule has 164 valence electrons. The van der Waals surface area contributed by atoms with E-state index in [0.29, 0.717) is 11.3 Å². The zero-order chi connectivity index (χ0) is 22.9. The average Bonchev–Trinajstić information content (AvgIpc) is 3.36. The standard InChI is InChI=1S/C27H21BrN2O3/c1-17(2)32-22-11-8-18(9-12-22)26-19(16-30(29-26)21-6-4-3-5-7-21)14-25-27(31)23-15-20(28)10-13-24(23)33-25/h3-17H,1-2H3/b25-14-. The largest absolute Gasteiger partial charge is 0.491 e. The van der Waals surface area contributed by atoms with Crippen molar-refractivity contribution >= 4 is 27.8 Å². The summed E-state index contributed by atoms with van der Waals surface area (Å²) in [6.45, 7) is 3.99.